The first-order valence-corrected chi connectivity index (χ1v) is 6.11. The summed E-state index contributed by atoms with van der Waals surface area (Å²) in [6, 6.07) is 0.00998. The molecule has 0 amide bonds. The Morgan fingerprint density at radius 1 is 0.947 bits per heavy atom. The third kappa shape index (κ3) is 3.38. The molecule has 2 N–H and O–H groups in total. The summed E-state index contributed by atoms with van der Waals surface area (Å²) in [7, 11) is -4.94. The van der Waals surface area contributed by atoms with E-state index in [4.69, 9.17) is 0 Å². The third-order valence-corrected chi connectivity index (χ3v) is 3.19. The molecule has 0 aliphatic heterocycles. The molecular weight excluding hydrogens is 300 g/mol. The van der Waals surface area contributed by atoms with E-state index in [0.717, 1.165) is 6.92 Å². The highest BCUT2D eigenvalue weighted by Gasteiger charge is 2.40. The van der Waals surface area contributed by atoms with Gasteiger partial charge in [0.05, 0.1) is 16.0 Å². The lowest BCUT2D eigenvalue weighted by atomic mass is 10.0. The molecule has 108 valence electrons. The maximum absolute atomic E-state index is 12.6. The van der Waals surface area contributed by atoms with Gasteiger partial charge in [-0.2, -0.15) is 26.3 Å². The Hall–Kier alpha value is -1.29. The van der Waals surface area contributed by atoms with Gasteiger partial charge in [-0.25, -0.2) is 13.6 Å². The molecule has 0 saturated heterocycles. The highest BCUT2D eigenvalue weighted by Crippen LogP contribution is 2.39. The first-order chi connectivity index (χ1) is 8.24. The molecule has 0 fully saturated rings. The number of rotatable bonds is 1. The lowest BCUT2D eigenvalue weighted by Crippen LogP contribution is -2.21. The van der Waals surface area contributed by atoms with E-state index in [1.807, 2.05) is 0 Å². The minimum absolute atomic E-state index is 0.104. The van der Waals surface area contributed by atoms with Gasteiger partial charge in [0.25, 0.3) is 0 Å². The van der Waals surface area contributed by atoms with E-state index >= 15 is 0 Å². The SMILES string of the molecule is Cc1cc(C(F)(F)F)c(S(N)(=O)=O)cc1C(F)(F)F. The van der Waals surface area contributed by atoms with E-state index in [0.29, 0.717) is 0 Å². The zero-order chi connectivity index (χ0) is 15.2. The van der Waals surface area contributed by atoms with E-state index < -0.39 is 44.0 Å². The summed E-state index contributed by atoms with van der Waals surface area (Å²) in [5.74, 6) is 0. The number of aryl methyl sites for hydroxylation is 1. The Morgan fingerprint density at radius 2 is 1.37 bits per heavy atom. The van der Waals surface area contributed by atoms with Crippen LogP contribution >= 0.6 is 0 Å². The van der Waals surface area contributed by atoms with Crippen LogP contribution in [0.25, 0.3) is 0 Å². The molecule has 3 nitrogen and oxygen atoms in total. The predicted molar refractivity (Wildman–Crippen MR) is 52.6 cm³/mol. The van der Waals surface area contributed by atoms with Crippen molar-refractivity contribution in [1.29, 1.82) is 0 Å². The van der Waals surface area contributed by atoms with E-state index in [1.165, 1.54) is 0 Å². The normalized spacial score (nSPS) is 13.7. The minimum atomic E-state index is -5.13. The molecule has 0 radical (unpaired) electrons. The Bertz CT molecular complexity index is 602. The largest absolute Gasteiger partial charge is 0.417 e. The van der Waals surface area contributed by atoms with Crippen molar-refractivity contribution in [1.82, 2.24) is 0 Å². The number of primary sulfonamides is 1. The molecule has 0 heterocycles. The van der Waals surface area contributed by atoms with Gasteiger partial charge in [0.2, 0.25) is 10.0 Å². The van der Waals surface area contributed by atoms with Crippen molar-refractivity contribution in [2.75, 3.05) is 0 Å². The monoisotopic (exact) mass is 307 g/mol. The summed E-state index contributed by atoms with van der Waals surface area (Å²) in [6.45, 7) is 0.797. The lowest BCUT2D eigenvalue weighted by Gasteiger charge is -2.16. The molecule has 1 aromatic carbocycles. The van der Waals surface area contributed by atoms with Gasteiger partial charge in [-0.15, -0.1) is 0 Å². The van der Waals surface area contributed by atoms with Crippen molar-refractivity contribution in [3.8, 4) is 0 Å². The molecule has 0 spiro atoms. The van der Waals surface area contributed by atoms with Crippen LogP contribution in [0.4, 0.5) is 26.3 Å². The van der Waals surface area contributed by atoms with Crippen molar-refractivity contribution < 1.29 is 34.8 Å². The summed E-state index contributed by atoms with van der Waals surface area (Å²) in [5.41, 5.74) is -3.95. The van der Waals surface area contributed by atoms with E-state index in [1.54, 1.807) is 0 Å². The highest BCUT2D eigenvalue weighted by molar-refractivity contribution is 7.89. The molecule has 0 aliphatic carbocycles. The Kier molecular flexibility index (Phi) is 3.63. The van der Waals surface area contributed by atoms with Gasteiger partial charge in [-0.1, -0.05) is 0 Å². The molecule has 0 saturated carbocycles. The number of nitrogens with two attached hydrogens (primary N) is 1. The van der Waals surface area contributed by atoms with Crippen LogP contribution in [0.5, 0.6) is 0 Å². The molecule has 0 bridgehead atoms. The molecule has 19 heavy (non-hydrogen) atoms. The topological polar surface area (TPSA) is 60.2 Å². The van der Waals surface area contributed by atoms with Gasteiger partial charge in [0.15, 0.2) is 0 Å². The van der Waals surface area contributed by atoms with Gasteiger partial charge in [-0.05, 0) is 24.6 Å². The predicted octanol–water partition coefficient (Wildman–Crippen LogP) is 2.68. The zero-order valence-electron chi connectivity index (χ0n) is 9.22. The first kappa shape index (κ1) is 15.8. The molecule has 0 atom stereocenters. The number of hydrogen-bond donors (Lipinski definition) is 1. The molecule has 1 rings (SSSR count). The van der Waals surface area contributed by atoms with Gasteiger partial charge < -0.3 is 0 Å². The van der Waals surface area contributed by atoms with Crippen LogP contribution in [0.2, 0.25) is 0 Å². The quantitative estimate of drug-likeness (QED) is 0.811. The Labute approximate surface area is 104 Å². The van der Waals surface area contributed by atoms with Crippen LogP contribution in [-0.2, 0) is 22.4 Å². The van der Waals surface area contributed by atoms with Gasteiger partial charge in [0.1, 0.15) is 0 Å². The fourth-order valence-electron chi connectivity index (χ4n) is 1.45. The minimum Gasteiger partial charge on any atom is -0.225 e. The van der Waals surface area contributed by atoms with Crippen LogP contribution < -0.4 is 5.14 Å². The summed E-state index contributed by atoms with van der Waals surface area (Å²) in [4.78, 5) is -1.60. The second kappa shape index (κ2) is 4.37. The molecule has 0 aliphatic rings. The fraction of sp³-hybridized carbons (Fsp3) is 0.333. The molecule has 0 aromatic heterocycles. The van der Waals surface area contributed by atoms with Gasteiger partial charge >= 0.3 is 12.4 Å². The maximum Gasteiger partial charge on any atom is 0.417 e. The first-order valence-electron chi connectivity index (χ1n) is 4.56. The van der Waals surface area contributed by atoms with Gasteiger partial charge in [0, 0.05) is 0 Å². The maximum atomic E-state index is 12.6. The Balaban J connectivity index is 3.76. The number of sulfonamides is 1. The summed E-state index contributed by atoms with van der Waals surface area (Å²) in [6.07, 6.45) is -10.1. The number of benzene rings is 1. The number of halogens is 6. The zero-order valence-corrected chi connectivity index (χ0v) is 10.0. The third-order valence-electron chi connectivity index (χ3n) is 2.24. The van der Waals surface area contributed by atoms with Crippen molar-refractivity contribution in [3.05, 3.63) is 28.8 Å². The summed E-state index contributed by atoms with van der Waals surface area (Å²) >= 11 is 0. The molecule has 10 heteroatoms. The van der Waals surface area contributed by atoms with Gasteiger partial charge in [-0.3, -0.25) is 0 Å². The average molecular weight is 307 g/mol. The molecule has 1 aromatic rings. The van der Waals surface area contributed by atoms with E-state index in [2.05, 4.69) is 5.14 Å². The van der Waals surface area contributed by atoms with Crippen LogP contribution in [0.3, 0.4) is 0 Å². The highest BCUT2D eigenvalue weighted by atomic mass is 32.2. The number of hydrogen-bond acceptors (Lipinski definition) is 2. The summed E-state index contributed by atoms with van der Waals surface area (Å²) < 4.78 is 97.3. The molecule has 0 unspecified atom stereocenters. The van der Waals surface area contributed by atoms with Crippen LogP contribution in [0.15, 0.2) is 17.0 Å². The van der Waals surface area contributed by atoms with Crippen molar-refractivity contribution in [3.63, 3.8) is 0 Å². The number of alkyl halides is 6. The van der Waals surface area contributed by atoms with E-state index in [-0.39, 0.29) is 12.1 Å². The smallest absolute Gasteiger partial charge is 0.225 e. The standard InChI is InChI=1S/C9H7F6NO2S/c1-4-2-6(9(13,14)15)7(19(16,17)18)3-5(4)8(10,11)12/h2-3H,1H3,(H2,16,17,18). The summed E-state index contributed by atoms with van der Waals surface area (Å²) in [5, 5.41) is 4.52. The Morgan fingerprint density at radius 3 is 1.68 bits per heavy atom. The van der Waals surface area contributed by atoms with Crippen LogP contribution in [-0.4, -0.2) is 8.42 Å². The average Bonchev–Trinajstić information content (AvgIpc) is 2.11. The van der Waals surface area contributed by atoms with E-state index in [9.17, 15) is 34.8 Å². The second-order valence-corrected chi connectivity index (χ2v) is 5.23. The van der Waals surface area contributed by atoms with Crippen LogP contribution in [0.1, 0.15) is 16.7 Å². The second-order valence-electron chi connectivity index (χ2n) is 3.70. The van der Waals surface area contributed by atoms with Crippen LogP contribution in [0, 0.1) is 6.92 Å². The van der Waals surface area contributed by atoms with Crippen molar-refractivity contribution >= 4 is 10.0 Å². The lowest BCUT2D eigenvalue weighted by molar-refractivity contribution is -0.143. The van der Waals surface area contributed by atoms with Crippen molar-refractivity contribution in [2.24, 2.45) is 5.14 Å². The molecular formula is C9H7F6NO2S. The van der Waals surface area contributed by atoms with Crippen molar-refractivity contribution in [2.45, 2.75) is 24.2 Å². The fourth-order valence-corrected chi connectivity index (χ4v) is 2.21.